The molecule has 0 unspecified atom stereocenters. The highest BCUT2D eigenvalue weighted by atomic mass is 35.5. The van der Waals surface area contributed by atoms with Crippen molar-refractivity contribution in [2.24, 2.45) is 0 Å². The summed E-state index contributed by atoms with van der Waals surface area (Å²) < 4.78 is 0. The van der Waals surface area contributed by atoms with Crippen LogP contribution in [-0.2, 0) is 6.42 Å². The summed E-state index contributed by atoms with van der Waals surface area (Å²) in [5, 5.41) is 10.5. The number of hydrogen-bond acceptors (Lipinski definition) is 1. The second kappa shape index (κ2) is 6.03. The first-order valence-corrected chi connectivity index (χ1v) is 6.84. The van der Waals surface area contributed by atoms with Gasteiger partial charge in [0.05, 0.1) is 22.5 Å². The second-order valence-electron chi connectivity index (χ2n) is 3.89. The molecule has 96 valence electrons. The maximum absolute atomic E-state index is 8.68. The van der Waals surface area contributed by atoms with Crippen molar-refractivity contribution in [3.63, 3.8) is 0 Å². The lowest BCUT2D eigenvalue weighted by Gasteiger charge is -2.08. The molecule has 0 saturated carbocycles. The molecule has 0 radical (unpaired) electrons. The van der Waals surface area contributed by atoms with Gasteiger partial charge in [0.1, 0.15) is 0 Å². The van der Waals surface area contributed by atoms with E-state index in [4.69, 9.17) is 51.7 Å². The Hall–Kier alpha value is -0.910. The number of nitriles is 1. The molecule has 0 N–H and O–H groups in total. The normalized spacial score (nSPS) is 10.3. The van der Waals surface area contributed by atoms with Gasteiger partial charge in [0.25, 0.3) is 0 Å². The van der Waals surface area contributed by atoms with E-state index in [0.717, 1.165) is 16.7 Å². The first kappa shape index (κ1) is 14.5. The van der Waals surface area contributed by atoms with Crippen molar-refractivity contribution in [2.45, 2.75) is 6.42 Å². The minimum atomic E-state index is 0.272. The Labute approximate surface area is 131 Å². The zero-order valence-corrected chi connectivity index (χ0v) is 12.6. The van der Waals surface area contributed by atoms with E-state index < -0.39 is 0 Å². The molecule has 0 heterocycles. The highest BCUT2D eigenvalue weighted by Gasteiger charge is 2.10. The van der Waals surface area contributed by atoms with Crippen LogP contribution in [0, 0.1) is 11.3 Å². The minimum Gasteiger partial charge on any atom is -0.198 e. The fourth-order valence-corrected chi connectivity index (χ4v) is 2.59. The van der Waals surface area contributed by atoms with Crippen molar-refractivity contribution in [3.8, 4) is 17.2 Å². The van der Waals surface area contributed by atoms with Gasteiger partial charge in [0.15, 0.2) is 0 Å². The van der Waals surface area contributed by atoms with Crippen LogP contribution in [0.5, 0.6) is 0 Å². The van der Waals surface area contributed by atoms with Gasteiger partial charge < -0.3 is 0 Å². The summed E-state index contributed by atoms with van der Waals surface area (Å²) in [6.07, 6.45) is 0.272. The van der Waals surface area contributed by atoms with Crippen LogP contribution in [0.4, 0.5) is 0 Å². The summed E-state index contributed by atoms with van der Waals surface area (Å²) >= 11 is 24.2. The Balaban J connectivity index is 2.51. The van der Waals surface area contributed by atoms with Gasteiger partial charge in [0.2, 0.25) is 0 Å². The molecule has 1 nitrogen and oxygen atoms in total. The molecular weight excluding hydrogens is 324 g/mol. The molecule has 2 aromatic rings. The maximum Gasteiger partial charge on any atom is 0.0670 e. The van der Waals surface area contributed by atoms with E-state index in [2.05, 4.69) is 6.07 Å². The van der Waals surface area contributed by atoms with Crippen LogP contribution in [0.3, 0.4) is 0 Å². The number of rotatable bonds is 2. The summed E-state index contributed by atoms with van der Waals surface area (Å²) in [5.74, 6) is 0. The first-order chi connectivity index (χ1) is 9.02. The monoisotopic (exact) mass is 329 g/mol. The van der Waals surface area contributed by atoms with Crippen LogP contribution < -0.4 is 0 Å². The predicted octanol–water partition coefficient (Wildman–Crippen LogP) is 6.03. The van der Waals surface area contributed by atoms with Gasteiger partial charge in [-0.1, -0.05) is 58.5 Å². The van der Waals surface area contributed by atoms with Crippen LogP contribution >= 0.6 is 46.4 Å². The Morgan fingerprint density at radius 2 is 1.53 bits per heavy atom. The van der Waals surface area contributed by atoms with Crippen molar-refractivity contribution >= 4 is 46.4 Å². The van der Waals surface area contributed by atoms with Crippen molar-refractivity contribution in [1.29, 1.82) is 5.26 Å². The van der Waals surface area contributed by atoms with Gasteiger partial charge in [-0.2, -0.15) is 5.26 Å². The van der Waals surface area contributed by atoms with Crippen molar-refractivity contribution < 1.29 is 0 Å². The van der Waals surface area contributed by atoms with Crippen molar-refractivity contribution in [2.75, 3.05) is 0 Å². The third-order valence-electron chi connectivity index (χ3n) is 2.64. The zero-order chi connectivity index (χ0) is 14.0. The average Bonchev–Trinajstić information content (AvgIpc) is 2.36. The Kier molecular flexibility index (Phi) is 4.60. The molecule has 0 atom stereocenters. The average molecular weight is 331 g/mol. The van der Waals surface area contributed by atoms with E-state index >= 15 is 0 Å². The van der Waals surface area contributed by atoms with Gasteiger partial charge in [0, 0.05) is 15.6 Å². The molecule has 0 aliphatic carbocycles. The highest BCUT2D eigenvalue weighted by molar-refractivity contribution is 6.44. The Morgan fingerprint density at radius 1 is 0.842 bits per heavy atom. The standard InChI is InChI=1S/C14H7Cl4N/c15-11-5-9(2-1-8(11)3-4-19)10-6-13(17)14(18)7-12(10)16/h1-2,5-7H,3H2. The molecule has 0 bridgehead atoms. The zero-order valence-electron chi connectivity index (χ0n) is 9.55. The first-order valence-electron chi connectivity index (χ1n) is 5.33. The van der Waals surface area contributed by atoms with Gasteiger partial charge in [-0.15, -0.1) is 0 Å². The maximum atomic E-state index is 8.68. The molecule has 0 saturated heterocycles. The lowest BCUT2D eigenvalue weighted by atomic mass is 10.0. The number of hydrogen-bond donors (Lipinski definition) is 0. The summed E-state index contributed by atoms with van der Waals surface area (Å²) in [6.45, 7) is 0. The molecule has 0 fully saturated rings. The molecule has 0 aliphatic rings. The quantitative estimate of drug-likeness (QED) is 0.616. The molecule has 19 heavy (non-hydrogen) atoms. The van der Waals surface area contributed by atoms with E-state index in [1.54, 1.807) is 24.3 Å². The molecule has 0 amide bonds. The third kappa shape index (κ3) is 3.16. The molecular formula is C14H7Cl4N. The molecule has 0 aliphatic heterocycles. The summed E-state index contributed by atoms with van der Waals surface area (Å²) in [5.41, 5.74) is 2.36. The van der Waals surface area contributed by atoms with E-state index in [9.17, 15) is 0 Å². The minimum absolute atomic E-state index is 0.272. The fourth-order valence-electron chi connectivity index (χ4n) is 1.69. The van der Waals surface area contributed by atoms with Crippen LogP contribution in [-0.4, -0.2) is 0 Å². The van der Waals surface area contributed by atoms with E-state index in [1.165, 1.54) is 0 Å². The van der Waals surface area contributed by atoms with Gasteiger partial charge in [-0.25, -0.2) is 0 Å². The third-order valence-corrected chi connectivity index (χ3v) is 4.03. The van der Waals surface area contributed by atoms with Crippen LogP contribution in [0.2, 0.25) is 20.1 Å². The highest BCUT2D eigenvalue weighted by Crippen LogP contribution is 2.36. The van der Waals surface area contributed by atoms with Crippen LogP contribution in [0.25, 0.3) is 11.1 Å². The van der Waals surface area contributed by atoms with Gasteiger partial charge in [-0.3, -0.25) is 0 Å². The van der Waals surface area contributed by atoms with E-state index in [0.29, 0.717) is 20.1 Å². The van der Waals surface area contributed by atoms with E-state index in [-0.39, 0.29) is 6.42 Å². The van der Waals surface area contributed by atoms with Crippen molar-refractivity contribution in [1.82, 2.24) is 0 Å². The number of halogens is 4. The smallest absolute Gasteiger partial charge is 0.0670 e. The lowest BCUT2D eigenvalue weighted by molar-refractivity contribution is 1.26. The topological polar surface area (TPSA) is 23.8 Å². The SMILES string of the molecule is N#CCc1ccc(-c2cc(Cl)c(Cl)cc2Cl)cc1Cl. The Morgan fingerprint density at radius 3 is 2.16 bits per heavy atom. The van der Waals surface area contributed by atoms with E-state index in [1.807, 2.05) is 6.07 Å². The summed E-state index contributed by atoms with van der Waals surface area (Å²) in [7, 11) is 0. The Bertz CT molecular complexity index is 674. The van der Waals surface area contributed by atoms with Crippen LogP contribution in [0.15, 0.2) is 30.3 Å². The second-order valence-corrected chi connectivity index (χ2v) is 5.52. The summed E-state index contributed by atoms with van der Waals surface area (Å²) in [4.78, 5) is 0. The number of benzene rings is 2. The molecule has 2 aromatic carbocycles. The van der Waals surface area contributed by atoms with Gasteiger partial charge in [-0.05, 0) is 29.3 Å². The molecule has 0 spiro atoms. The molecule has 5 heteroatoms. The van der Waals surface area contributed by atoms with Gasteiger partial charge >= 0.3 is 0 Å². The fraction of sp³-hybridized carbons (Fsp3) is 0.0714. The molecule has 0 aromatic heterocycles. The largest absolute Gasteiger partial charge is 0.198 e. The lowest BCUT2D eigenvalue weighted by Crippen LogP contribution is -1.86. The summed E-state index contributed by atoms with van der Waals surface area (Å²) in [6, 6.07) is 10.8. The number of nitrogens with zero attached hydrogens (tertiary/aromatic N) is 1. The predicted molar refractivity (Wildman–Crippen MR) is 81.2 cm³/mol. The van der Waals surface area contributed by atoms with Crippen LogP contribution in [0.1, 0.15) is 5.56 Å². The van der Waals surface area contributed by atoms with Crippen molar-refractivity contribution in [3.05, 3.63) is 56.0 Å². The molecule has 2 rings (SSSR count).